The highest BCUT2D eigenvalue weighted by molar-refractivity contribution is 6.53. The van der Waals surface area contributed by atoms with Gasteiger partial charge >= 0.3 is 0 Å². The standard InChI is InChI=1S/C14H9ClN2/c15-14(12-4-2-1-3-5-12)13(10-16)11-6-8-17-9-7-11/h1-9H/b14-13-. The third-order valence-corrected chi connectivity index (χ3v) is 2.73. The number of hydrogen-bond donors (Lipinski definition) is 0. The molecule has 0 N–H and O–H groups in total. The third kappa shape index (κ3) is 2.52. The summed E-state index contributed by atoms with van der Waals surface area (Å²) in [6, 6.07) is 15.1. The van der Waals surface area contributed by atoms with Gasteiger partial charge in [-0.25, -0.2) is 0 Å². The van der Waals surface area contributed by atoms with E-state index in [1.165, 1.54) is 0 Å². The highest BCUT2D eigenvalue weighted by atomic mass is 35.5. The second-order valence-corrected chi connectivity index (χ2v) is 3.78. The molecule has 0 radical (unpaired) electrons. The molecule has 0 fully saturated rings. The molecule has 1 aromatic heterocycles. The molecule has 2 rings (SSSR count). The molecule has 3 heteroatoms. The highest BCUT2D eigenvalue weighted by Crippen LogP contribution is 2.28. The number of pyridine rings is 1. The van der Waals surface area contributed by atoms with Gasteiger partial charge < -0.3 is 0 Å². The maximum atomic E-state index is 9.20. The maximum Gasteiger partial charge on any atom is 0.101 e. The molecular weight excluding hydrogens is 232 g/mol. The van der Waals surface area contributed by atoms with Crippen LogP contribution in [0.3, 0.4) is 0 Å². The summed E-state index contributed by atoms with van der Waals surface area (Å²) >= 11 is 6.24. The Morgan fingerprint density at radius 3 is 2.24 bits per heavy atom. The monoisotopic (exact) mass is 240 g/mol. The molecule has 1 heterocycles. The zero-order valence-corrected chi connectivity index (χ0v) is 9.72. The van der Waals surface area contributed by atoms with Crippen LogP contribution in [0, 0.1) is 11.3 Å². The lowest BCUT2D eigenvalue weighted by molar-refractivity contribution is 1.32. The van der Waals surface area contributed by atoms with Gasteiger partial charge in [-0.05, 0) is 23.3 Å². The second kappa shape index (κ2) is 5.29. The maximum absolute atomic E-state index is 9.20. The Morgan fingerprint density at radius 1 is 1.00 bits per heavy atom. The summed E-state index contributed by atoms with van der Waals surface area (Å²) in [5.74, 6) is 0. The number of rotatable bonds is 2. The predicted octanol–water partition coefficient (Wildman–Crippen LogP) is 3.71. The van der Waals surface area contributed by atoms with Crippen LogP contribution in [-0.2, 0) is 0 Å². The van der Waals surface area contributed by atoms with E-state index in [1.54, 1.807) is 24.5 Å². The van der Waals surface area contributed by atoms with Crippen LogP contribution in [0.25, 0.3) is 10.6 Å². The summed E-state index contributed by atoms with van der Waals surface area (Å²) in [5.41, 5.74) is 2.07. The average molecular weight is 241 g/mol. The molecule has 0 aliphatic rings. The van der Waals surface area contributed by atoms with E-state index in [4.69, 9.17) is 11.6 Å². The van der Waals surface area contributed by atoms with Gasteiger partial charge in [-0.2, -0.15) is 5.26 Å². The fourth-order valence-electron chi connectivity index (χ4n) is 1.49. The zero-order valence-electron chi connectivity index (χ0n) is 8.97. The van der Waals surface area contributed by atoms with Gasteiger partial charge in [-0.15, -0.1) is 0 Å². The van der Waals surface area contributed by atoms with E-state index >= 15 is 0 Å². The van der Waals surface area contributed by atoms with E-state index in [9.17, 15) is 5.26 Å². The number of hydrogen-bond acceptors (Lipinski definition) is 2. The van der Waals surface area contributed by atoms with Crippen LogP contribution >= 0.6 is 11.6 Å². The Morgan fingerprint density at radius 2 is 1.65 bits per heavy atom. The van der Waals surface area contributed by atoms with Gasteiger partial charge in [0, 0.05) is 12.4 Å². The summed E-state index contributed by atoms with van der Waals surface area (Å²) in [6.45, 7) is 0. The molecule has 2 aromatic rings. The summed E-state index contributed by atoms with van der Waals surface area (Å²) in [6.07, 6.45) is 3.28. The number of nitriles is 1. The van der Waals surface area contributed by atoms with Crippen LogP contribution in [0.15, 0.2) is 54.9 Å². The van der Waals surface area contributed by atoms with Crippen LogP contribution in [0.5, 0.6) is 0 Å². The van der Waals surface area contributed by atoms with Crippen LogP contribution in [0.1, 0.15) is 11.1 Å². The summed E-state index contributed by atoms with van der Waals surface area (Å²) in [4.78, 5) is 3.92. The fourth-order valence-corrected chi connectivity index (χ4v) is 1.77. The highest BCUT2D eigenvalue weighted by Gasteiger charge is 2.08. The molecule has 0 aliphatic carbocycles. The number of allylic oxidation sites excluding steroid dienone is 1. The fraction of sp³-hybridized carbons (Fsp3) is 0. The van der Waals surface area contributed by atoms with Crippen molar-refractivity contribution in [1.29, 1.82) is 5.26 Å². The van der Waals surface area contributed by atoms with E-state index in [0.717, 1.165) is 11.1 Å². The Labute approximate surface area is 105 Å². The van der Waals surface area contributed by atoms with Gasteiger partial charge in [0.25, 0.3) is 0 Å². The van der Waals surface area contributed by atoms with Gasteiger partial charge in [0.15, 0.2) is 0 Å². The first-order chi connectivity index (χ1) is 8.33. The molecule has 0 saturated carbocycles. The van der Waals surface area contributed by atoms with Crippen molar-refractivity contribution in [2.24, 2.45) is 0 Å². The van der Waals surface area contributed by atoms with Crippen molar-refractivity contribution in [3.8, 4) is 6.07 Å². The zero-order chi connectivity index (χ0) is 12.1. The van der Waals surface area contributed by atoms with Gasteiger partial charge in [-0.1, -0.05) is 41.9 Å². The second-order valence-electron chi connectivity index (χ2n) is 3.40. The van der Waals surface area contributed by atoms with Crippen LogP contribution in [0.4, 0.5) is 0 Å². The predicted molar refractivity (Wildman–Crippen MR) is 69.0 cm³/mol. The molecule has 0 spiro atoms. The van der Waals surface area contributed by atoms with Crippen molar-refractivity contribution in [3.05, 3.63) is 66.0 Å². The van der Waals surface area contributed by atoms with Crippen molar-refractivity contribution in [1.82, 2.24) is 4.98 Å². The minimum atomic E-state index is 0.458. The molecule has 0 bridgehead atoms. The third-order valence-electron chi connectivity index (χ3n) is 2.33. The number of halogens is 1. The molecule has 1 aromatic carbocycles. The Hall–Kier alpha value is -2.11. The lowest BCUT2D eigenvalue weighted by Crippen LogP contribution is -1.86. The molecular formula is C14H9ClN2. The lowest BCUT2D eigenvalue weighted by Gasteiger charge is -2.03. The van der Waals surface area contributed by atoms with E-state index in [1.807, 2.05) is 30.3 Å². The smallest absolute Gasteiger partial charge is 0.101 e. The van der Waals surface area contributed by atoms with E-state index in [-0.39, 0.29) is 0 Å². The van der Waals surface area contributed by atoms with Crippen molar-refractivity contribution in [2.45, 2.75) is 0 Å². The largest absolute Gasteiger partial charge is 0.265 e. The topological polar surface area (TPSA) is 36.7 Å². The minimum Gasteiger partial charge on any atom is -0.265 e. The first kappa shape index (κ1) is 11.4. The van der Waals surface area contributed by atoms with E-state index in [0.29, 0.717) is 10.6 Å². The normalized spacial score (nSPS) is 11.5. The van der Waals surface area contributed by atoms with Crippen molar-refractivity contribution < 1.29 is 0 Å². The molecule has 0 unspecified atom stereocenters. The van der Waals surface area contributed by atoms with Gasteiger partial charge in [-0.3, -0.25) is 4.98 Å². The number of aromatic nitrogens is 1. The van der Waals surface area contributed by atoms with Gasteiger partial charge in [0.1, 0.15) is 6.07 Å². The Kier molecular flexibility index (Phi) is 3.54. The number of nitrogens with zero attached hydrogens (tertiary/aromatic N) is 2. The van der Waals surface area contributed by atoms with Crippen molar-refractivity contribution in [3.63, 3.8) is 0 Å². The van der Waals surface area contributed by atoms with Crippen molar-refractivity contribution in [2.75, 3.05) is 0 Å². The molecule has 0 amide bonds. The minimum absolute atomic E-state index is 0.458. The van der Waals surface area contributed by atoms with Gasteiger partial charge in [0.2, 0.25) is 0 Å². The number of benzene rings is 1. The molecule has 0 aliphatic heterocycles. The summed E-state index contributed by atoms with van der Waals surface area (Å²) < 4.78 is 0. The Bertz CT molecular complexity index is 568. The quantitative estimate of drug-likeness (QED) is 0.751. The van der Waals surface area contributed by atoms with E-state index < -0.39 is 0 Å². The molecule has 0 atom stereocenters. The van der Waals surface area contributed by atoms with Crippen molar-refractivity contribution >= 4 is 22.2 Å². The average Bonchev–Trinajstić information content (AvgIpc) is 2.42. The van der Waals surface area contributed by atoms with Crippen LogP contribution in [0.2, 0.25) is 0 Å². The summed E-state index contributed by atoms with van der Waals surface area (Å²) in [7, 11) is 0. The molecule has 82 valence electrons. The molecule has 17 heavy (non-hydrogen) atoms. The molecule has 0 saturated heterocycles. The Balaban J connectivity index is 2.53. The lowest BCUT2D eigenvalue weighted by atomic mass is 10.1. The molecule has 2 nitrogen and oxygen atoms in total. The van der Waals surface area contributed by atoms with Crippen LogP contribution < -0.4 is 0 Å². The van der Waals surface area contributed by atoms with Crippen LogP contribution in [-0.4, -0.2) is 4.98 Å². The summed E-state index contributed by atoms with van der Waals surface area (Å²) in [5, 5.41) is 9.66. The first-order valence-corrected chi connectivity index (χ1v) is 5.46. The van der Waals surface area contributed by atoms with E-state index in [2.05, 4.69) is 11.1 Å². The van der Waals surface area contributed by atoms with Gasteiger partial charge in [0.05, 0.1) is 10.6 Å². The SMILES string of the molecule is N#C/C(=C(/Cl)c1ccccc1)c1ccncc1. The first-order valence-electron chi connectivity index (χ1n) is 5.08.